The second-order valence-corrected chi connectivity index (χ2v) is 6.83. The summed E-state index contributed by atoms with van der Waals surface area (Å²) in [5.74, 6) is -1.46. The summed E-state index contributed by atoms with van der Waals surface area (Å²) in [6.07, 6.45) is 0. The van der Waals surface area contributed by atoms with Crippen LogP contribution in [0.25, 0.3) is 0 Å². The number of hydrogen-bond acceptors (Lipinski definition) is 10. The maximum atomic E-state index is 12.5. The van der Waals surface area contributed by atoms with Crippen molar-refractivity contribution in [3.05, 3.63) is 16.8 Å². The van der Waals surface area contributed by atoms with Gasteiger partial charge in [-0.15, -0.1) is 0 Å². The van der Waals surface area contributed by atoms with Gasteiger partial charge in [0, 0.05) is 7.05 Å². The summed E-state index contributed by atoms with van der Waals surface area (Å²) in [5, 5.41) is 13.2. The van der Waals surface area contributed by atoms with Crippen LogP contribution in [0.5, 0.6) is 11.8 Å². The maximum absolute atomic E-state index is 12.5. The monoisotopic (exact) mass is 435 g/mol. The summed E-state index contributed by atoms with van der Waals surface area (Å²) in [5.41, 5.74) is 0.588. The summed E-state index contributed by atoms with van der Waals surface area (Å²) in [6, 6.07) is 0.0695. The summed E-state index contributed by atoms with van der Waals surface area (Å²) >= 11 is 5.72. The van der Waals surface area contributed by atoms with Crippen molar-refractivity contribution in [3.8, 4) is 11.8 Å². The van der Waals surface area contributed by atoms with Gasteiger partial charge in [-0.3, -0.25) is 20.0 Å². The number of urea groups is 1. The predicted octanol–water partition coefficient (Wildman–Crippen LogP) is -0.490. The topological polar surface area (TPSA) is 187 Å². The highest BCUT2D eigenvalue weighted by Crippen LogP contribution is 2.23. The molecule has 0 saturated carbocycles. The van der Waals surface area contributed by atoms with Crippen molar-refractivity contribution in [2.75, 3.05) is 19.5 Å². The van der Waals surface area contributed by atoms with E-state index < -0.39 is 37.7 Å². The number of aryl methyl sites for hydroxylation is 1. The van der Waals surface area contributed by atoms with Crippen molar-refractivity contribution < 1.29 is 32.7 Å². The van der Waals surface area contributed by atoms with Gasteiger partial charge in [0.15, 0.2) is 10.2 Å². The van der Waals surface area contributed by atoms with E-state index in [1.807, 2.05) is 0 Å². The van der Waals surface area contributed by atoms with Crippen molar-refractivity contribution in [3.63, 3.8) is 0 Å². The lowest BCUT2D eigenvalue weighted by molar-refractivity contribution is 0.0702. The van der Waals surface area contributed by atoms with Crippen LogP contribution in [0.3, 0.4) is 0 Å². The summed E-state index contributed by atoms with van der Waals surface area (Å²) in [6.45, 7) is 0. The fraction of sp³-hybridized carbons (Fsp3) is 0.250. The number of halogens is 1. The van der Waals surface area contributed by atoms with Crippen molar-refractivity contribution in [2.45, 2.75) is 5.03 Å². The molecule has 0 bridgehead atoms. The Kier molecular flexibility index (Phi) is 6.22. The van der Waals surface area contributed by atoms with E-state index in [9.17, 15) is 18.0 Å². The van der Waals surface area contributed by atoms with Crippen molar-refractivity contribution in [2.24, 2.45) is 7.05 Å². The number of rotatable bonds is 6. The standard InChI is InChI=1S/C12H14ClN7O7S/c1-20-10(7(8(13)17-20)9(21)18-23)28(24,25)19-12(22)16-11-14-5(26-2)4-6(15-11)27-3/h4,23H,1-3H3,(H,18,21)(H2,14,15,16,19,22). The number of methoxy groups -OCH3 is 2. The second-order valence-electron chi connectivity index (χ2n) is 4.87. The number of carbonyl (C=O) groups excluding carboxylic acids is 2. The molecule has 28 heavy (non-hydrogen) atoms. The third-order valence-electron chi connectivity index (χ3n) is 3.08. The van der Waals surface area contributed by atoms with Crippen LogP contribution in [-0.2, 0) is 17.1 Å². The van der Waals surface area contributed by atoms with E-state index in [1.165, 1.54) is 32.8 Å². The zero-order chi connectivity index (χ0) is 21.1. The second kappa shape index (κ2) is 8.24. The van der Waals surface area contributed by atoms with Crippen LogP contribution in [0.1, 0.15) is 10.4 Å². The first-order chi connectivity index (χ1) is 13.1. The Labute approximate surface area is 162 Å². The molecule has 0 atom stereocenters. The number of nitrogens with one attached hydrogen (secondary N) is 3. The van der Waals surface area contributed by atoms with E-state index in [4.69, 9.17) is 26.3 Å². The molecule has 2 aromatic rings. The van der Waals surface area contributed by atoms with E-state index in [1.54, 1.807) is 4.72 Å². The Hall–Kier alpha value is -3.17. The molecular weight excluding hydrogens is 422 g/mol. The molecule has 0 unspecified atom stereocenters. The fourth-order valence-corrected chi connectivity index (χ4v) is 3.58. The van der Waals surface area contributed by atoms with E-state index >= 15 is 0 Å². The summed E-state index contributed by atoms with van der Waals surface area (Å²) in [4.78, 5) is 31.4. The van der Waals surface area contributed by atoms with Crippen molar-refractivity contribution in [1.82, 2.24) is 30.0 Å². The SMILES string of the molecule is COc1cc(OC)nc(NC(=O)NS(=O)(=O)c2c(C(=O)NO)c(Cl)nn2C)n1. The van der Waals surface area contributed by atoms with Crippen molar-refractivity contribution in [1.29, 1.82) is 0 Å². The van der Waals surface area contributed by atoms with Crippen molar-refractivity contribution >= 4 is 39.5 Å². The Bertz CT molecular complexity index is 1000. The van der Waals surface area contributed by atoms with E-state index in [0.717, 1.165) is 4.68 Å². The largest absolute Gasteiger partial charge is 0.481 e. The number of hydroxylamine groups is 1. The molecule has 0 aliphatic rings. The number of hydrogen-bond donors (Lipinski definition) is 4. The fourth-order valence-electron chi connectivity index (χ4n) is 2.00. The van der Waals surface area contributed by atoms with Gasteiger partial charge >= 0.3 is 6.03 Å². The minimum absolute atomic E-state index is 0.0466. The Morgan fingerprint density at radius 1 is 1.21 bits per heavy atom. The van der Waals surface area contributed by atoms with E-state index in [2.05, 4.69) is 20.4 Å². The smallest absolute Gasteiger partial charge is 0.335 e. The highest BCUT2D eigenvalue weighted by atomic mass is 35.5. The molecule has 16 heteroatoms. The molecular formula is C12H14ClN7O7S. The molecule has 3 amide bonds. The third-order valence-corrected chi connectivity index (χ3v) is 4.78. The lowest BCUT2D eigenvalue weighted by atomic mass is 10.3. The molecule has 2 heterocycles. The Morgan fingerprint density at radius 2 is 1.79 bits per heavy atom. The first-order valence-electron chi connectivity index (χ1n) is 7.10. The van der Waals surface area contributed by atoms with Crippen LogP contribution in [0.2, 0.25) is 5.15 Å². The first kappa shape index (κ1) is 21.1. The molecule has 0 aromatic carbocycles. The molecule has 0 fully saturated rings. The van der Waals surface area contributed by atoms with Crippen LogP contribution in [-0.4, -0.2) is 59.5 Å². The molecule has 0 aliphatic heterocycles. The average Bonchev–Trinajstić information content (AvgIpc) is 2.94. The van der Waals surface area contributed by atoms with Gasteiger partial charge < -0.3 is 9.47 Å². The van der Waals surface area contributed by atoms with Gasteiger partial charge in [0.2, 0.25) is 17.7 Å². The molecule has 4 N–H and O–H groups in total. The molecule has 0 radical (unpaired) electrons. The minimum atomic E-state index is -4.64. The number of aromatic nitrogens is 4. The molecule has 2 rings (SSSR count). The molecule has 0 aliphatic carbocycles. The number of carbonyl (C=O) groups is 2. The lowest BCUT2D eigenvalue weighted by Gasteiger charge is -2.10. The molecule has 2 aromatic heterocycles. The zero-order valence-corrected chi connectivity index (χ0v) is 16.1. The van der Waals surface area contributed by atoms with Gasteiger partial charge in [-0.1, -0.05) is 11.6 Å². The molecule has 0 saturated heterocycles. The predicted molar refractivity (Wildman–Crippen MR) is 91.9 cm³/mol. The molecule has 14 nitrogen and oxygen atoms in total. The van der Waals surface area contributed by atoms with Gasteiger partial charge in [-0.2, -0.15) is 23.5 Å². The summed E-state index contributed by atoms with van der Waals surface area (Å²) in [7, 11) is -0.843. The van der Waals surface area contributed by atoms with Gasteiger partial charge in [0.1, 0.15) is 5.56 Å². The summed E-state index contributed by atoms with van der Waals surface area (Å²) < 4.78 is 37.2. The number of sulfonamides is 1. The van der Waals surface area contributed by atoms with Crippen LogP contribution >= 0.6 is 11.6 Å². The number of amides is 3. The average molecular weight is 436 g/mol. The first-order valence-corrected chi connectivity index (χ1v) is 8.96. The maximum Gasteiger partial charge on any atom is 0.335 e. The van der Waals surface area contributed by atoms with Crippen LogP contribution in [0.15, 0.2) is 11.1 Å². The van der Waals surface area contributed by atoms with Crippen LogP contribution in [0, 0.1) is 0 Å². The van der Waals surface area contributed by atoms with Crippen LogP contribution < -0.4 is 25.0 Å². The number of nitrogens with zero attached hydrogens (tertiary/aromatic N) is 4. The normalized spacial score (nSPS) is 10.9. The molecule has 0 spiro atoms. The van der Waals surface area contributed by atoms with Crippen LogP contribution in [0.4, 0.5) is 10.7 Å². The van der Waals surface area contributed by atoms with E-state index in [0.29, 0.717) is 0 Å². The van der Waals surface area contributed by atoms with Gasteiger partial charge in [-0.25, -0.2) is 15.0 Å². The van der Waals surface area contributed by atoms with E-state index in [-0.39, 0.29) is 17.7 Å². The highest BCUT2D eigenvalue weighted by molar-refractivity contribution is 7.90. The Morgan fingerprint density at radius 3 is 2.29 bits per heavy atom. The zero-order valence-electron chi connectivity index (χ0n) is 14.5. The Balaban J connectivity index is 2.31. The lowest BCUT2D eigenvalue weighted by Crippen LogP contribution is -2.37. The highest BCUT2D eigenvalue weighted by Gasteiger charge is 2.32. The molecule has 152 valence electrons. The quantitative estimate of drug-likeness (QED) is 0.340. The third kappa shape index (κ3) is 4.38. The van der Waals surface area contributed by atoms with Gasteiger partial charge in [-0.05, 0) is 0 Å². The van der Waals surface area contributed by atoms with Gasteiger partial charge in [0.05, 0.1) is 20.3 Å². The van der Waals surface area contributed by atoms with Gasteiger partial charge in [0.25, 0.3) is 15.9 Å². The number of anilines is 1. The minimum Gasteiger partial charge on any atom is -0.481 e. The number of ether oxygens (including phenoxy) is 2.